The minimum absolute atomic E-state index is 0.263. The number of hydrogen-bond acceptors (Lipinski definition) is 3. The van der Waals surface area contributed by atoms with Gasteiger partial charge in [-0.25, -0.2) is 0 Å². The lowest BCUT2D eigenvalue weighted by Gasteiger charge is -2.15. The highest BCUT2D eigenvalue weighted by molar-refractivity contribution is 9.10. The van der Waals surface area contributed by atoms with E-state index in [0.717, 1.165) is 15.9 Å². The fourth-order valence-electron chi connectivity index (χ4n) is 2.02. The van der Waals surface area contributed by atoms with Crippen molar-refractivity contribution in [2.24, 2.45) is 0 Å². The van der Waals surface area contributed by atoms with Gasteiger partial charge >= 0.3 is 0 Å². The number of benzene rings is 2. The van der Waals surface area contributed by atoms with Gasteiger partial charge in [0.2, 0.25) is 0 Å². The third-order valence-electron chi connectivity index (χ3n) is 3.17. The normalized spacial score (nSPS) is 12.0. The minimum Gasteiger partial charge on any atom is -0.491 e. The van der Waals surface area contributed by atoms with E-state index in [2.05, 4.69) is 47.2 Å². The summed E-state index contributed by atoms with van der Waals surface area (Å²) in [6.45, 7) is 4.84. The van der Waals surface area contributed by atoms with Crippen LogP contribution in [0.3, 0.4) is 0 Å². The maximum Gasteiger partial charge on any atom is 0.119 e. The van der Waals surface area contributed by atoms with Gasteiger partial charge in [0.25, 0.3) is 0 Å². The molecule has 21 heavy (non-hydrogen) atoms. The first-order valence-corrected chi connectivity index (χ1v) is 7.71. The number of rotatable bonds is 6. The van der Waals surface area contributed by atoms with Crippen molar-refractivity contribution in [2.45, 2.75) is 20.0 Å². The molecule has 0 heterocycles. The van der Waals surface area contributed by atoms with Gasteiger partial charge in [-0.05, 0) is 49.7 Å². The largest absolute Gasteiger partial charge is 0.491 e. The monoisotopic (exact) mass is 349 g/mol. The molecule has 0 amide bonds. The SMILES string of the molecule is Cc1ccc(NCC(O)COc2ccc(Br)cc2)c(C)c1. The Morgan fingerprint density at radius 2 is 1.86 bits per heavy atom. The fraction of sp³-hybridized carbons (Fsp3) is 0.294. The summed E-state index contributed by atoms with van der Waals surface area (Å²) in [4.78, 5) is 0. The van der Waals surface area contributed by atoms with Crippen molar-refractivity contribution in [3.8, 4) is 5.75 Å². The lowest BCUT2D eigenvalue weighted by Crippen LogP contribution is -2.26. The number of aryl methyl sites for hydroxylation is 2. The lowest BCUT2D eigenvalue weighted by atomic mass is 10.1. The molecule has 1 atom stereocenters. The Bertz CT molecular complexity index is 584. The van der Waals surface area contributed by atoms with Crippen molar-refractivity contribution in [1.29, 1.82) is 0 Å². The Hall–Kier alpha value is -1.52. The fourth-order valence-corrected chi connectivity index (χ4v) is 2.29. The van der Waals surface area contributed by atoms with E-state index in [0.29, 0.717) is 6.54 Å². The molecule has 112 valence electrons. The molecule has 2 N–H and O–H groups in total. The lowest BCUT2D eigenvalue weighted by molar-refractivity contribution is 0.117. The molecule has 0 aliphatic heterocycles. The summed E-state index contributed by atoms with van der Waals surface area (Å²) in [5.74, 6) is 0.753. The van der Waals surface area contributed by atoms with Crippen LogP contribution < -0.4 is 10.1 Å². The molecule has 0 radical (unpaired) electrons. The van der Waals surface area contributed by atoms with Gasteiger partial charge < -0.3 is 15.2 Å². The van der Waals surface area contributed by atoms with Gasteiger partial charge in [0.15, 0.2) is 0 Å². The van der Waals surface area contributed by atoms with Crippen LogP contribution in [0.5, 0.6) is 5.75 Å². The number of aliphatic hydroxyl groups is 1. The maximum absolute atomic E-state index is 9.98. The number of hydrogen-bond donors (Lipinski definition) is 2. The zero-order chi connectivity index (χ0) is 15.2. The molecule has 2 rings (SSSR count). The molecule has 0 spiro atoms. The number of nitrogens with one attached hydrogen (secondary N) is 1. The van der Waals surface area contributed by atoms with E-state index in [-0.39, 0.29) is 6.61 Å². The van der Waals surface area contributed by atoms with Crippen LogP contribution in [-0.4, -0.2) is 24.4 Å². The molecule has 0 aliphatic rings. The maximum atomic E-state index is 9.98. The first kappa shape index (κ1) is 15.9. The van der Waals surface area contributed by atoms with E-state index < -0.39 is 6.10 Å². The second kappa shape index (κ2) is 7.48. The van der Waals surface area contributed by atoms with Crippen LogP contribution in [0.15, 0.2) is 46.9 Å². The number of ether oxygens (including phenoxy) is 1. The molecule has 2 aromatic carbocycles. The van der Waals surface area contributed by atoms with Crippen LogP contribution in [0.25, 0.3) is 0 Å². The number of aliphatic hydroxyl groups excluding tert-OH is 1. The zero-order valence-electron chi connectivity index (χ0n) is 12.3. The highest BCUT2D eigenvalue weighted by atomic mass is 79.9. The summed E-state index contributed by atoms with van der Waals surface area (Å²) in [7, 11) is 0. The van der Waals surface area contributed by atoms with Crippen molar-refractivity contribution < 1.29 is 9.84 Å². The van der Waals surface area contributed by atoms with Crippen molar-refractivity contribution in [3.05, 3.63) is 58.1 Å². The molecule has 0 saturated carbocycles. The van der Waals surface area contributed by atoms with Gasteiger partial charge in [-0.15, -0.1) is 0 Å². The first-order valence-electron chi connectivity index (χ1n) is 6.92. The predicted octanol–water partition coefficient (Wildman–Crippen LogP) is 3.92. The Balaban J connectivity index is 1.79. The summed E-state index contributed by atoms with van der Waals surface area (Å²) < 4.78 is 6.56. The van der Waals surface area contributed by atoms with Crippen LogP contribution in [0.4, 0.5) is 5.69 Å². The third-order valence-corrected chi connectivity index (χ3v) is 3.69. The third kappa shape index (κ3) is 5.06. The van der Waals surface area contributed by atoms with Crippen LogP contribution in [-0.2, 0) is 0 Å². The van der Waals surface area contributed by atoms with Crippen LogP contribution in [0, 0.1) is 13.8 Å². The smallest absolute Gasteiger partial charge is 0.119 e. The molecule has 0 aromatic heterocycles. The molecule has 4 heteroatoms. The second-order valence-corrected chi connectivity index (χ2v) is 6.03. The Labute approximate surface area is 134 Å². The number of halogens is 1. The Kier molecular flexibility index (Phi) is 5.65. The van der Waals surface area contributed by atoms with E-state index in [1.54, 1.807) is 0 Å². The molecular weight excluding hydrogens is 330 g/mol. The van der Waals surface area contributed by atoms with E-state index in [1.165, 1.54) is 11.1 Å². The molecule has 0 saturated heterocycles. The molecular formula is C17H20BrNO2. The van der Waals surface area contributed by atoms with Crippen LogP contribution >= 0.6 is 15.9 Å². The summed E-state index contributed by atoms with van der Waals surface area (Å²) in [6.07, 6.45) is -0.561. The summed E-state index contributed by atoms with van der Waals surface area (Å²) in [6, 6.07) is 13.8. The number of anilines is 1. The van der Waals surface area contributed by atoms with E-state index in [1.807, 2.05) is 30.3 Å². The molecule has 1 unspecified atom stereocenters. The van der Waals surface area contributed by atoms with Gasteiger partial charge in [0, 0.05) is 16.7 Å². The van der Waals surface area contributed by atoms with Gasteiger partial charge in [-0.1, -0.05) is 33.6 Å². The average Bonchev–Trinajstić information content (AvgIpc) is 2.46. The Morgan fingerprint density at radius 3 is 2.52 bits per heavy atom. The van der Waals surface area contributed by atoms with Crippen molar-refractivity contribution in [1.82, 2.24) is 0 Å². The van der Waals surface area contributed by atoms with E-state index in [4.69, 9.17) is 4.74 Å². The van der Waals surface area contributed by atoms with Gasteiger partial charge in [0.05, 0.1) is 0 Å². The average molecular weight is 350 g/mol. The highest BCUT2D eigenvalue weighted by Gasteiger charge is 2.06. The highest BCUT2D eigenvalue weighted by Crippen LogP contribution is 2.17. The Morgan fingerprint density at radius 1 is 1.14 bits per heavy atom. The van der Waals surface area contributed by atoms with Crippen molar-refractivity contribution in [3.63, 3.8) is 0 Å². The van der Waals surface area contributed by atoms with Crippen LogP contribution in [0.2, 0.25) is 0 Å². The van der Waals surface area contributed by atoms with E-state index >= 15 is 0 Å². The summed E-state index contributed by atoms with van der Waals surface area (Å²) in [5.41, 5.74) is 3.46. The van der Waals surface area contributed by atoms with Crippen LogP contribution in [0.1, 0.15) is 11.1 Å². The zero-order valence-corrected chi connectivity index (χ0v) is 13.9. The minimum atomic E-state index is -0.561. The van der Waals surface area contributed by atoms with Crippen molar-refractivity contribution >= 4 is 21.6 Å². The predicted molar refractivity (Wildman–Crippen MR) is 90.0 cm³/mol. The topological polar surface area (TPSA) is 41.5 Å². The van der Waals surface area contributed by atoms with E-state index in [9.17, 15) is 5.11 Å². The molecule has 0 aliphatic carbocycles. The quantitative estimate of drug-likeness (QED) is 0.830. The molecule has 0 bridgehead atoms. The summed E-state index contributed by atoms with van der Waals surface area (Å²) >= 11 is 3.37. The second-order valence-electron chi connectivity index (χ2n) is 5.12. The molecule has 0 fully saturated rings. The molecule has 2 aromatic rings. The van der Waals surface area contributed by atoms with Gasteiger partial charge in [-0.2, -0.15) is 0 Å². The first-order chi connectivity index (χ1) is 10.0. The van der Waals surface area contributed by atoms with Gasteiger partial charge in [0.1, 0.15) is 18.5 Å². The summed E-state index contributed by atoms with van der Waals surface area (Å²) in [5, 5.41) is 13.2. The van der Waals surface area contributed by atoms with Gasteiger partial charge in [-0.3, -0.25) is 0 Å². The standard InChI is InChI=1S/C17H20BrNO2/c1-12-3-8-17(13(2)9-12)19-10-15(20)11-21-16-6-4-14(18)5-7-16/h3-9,15,19-20H,10-11H2,1-2H3. The molecule has 3 nitrogen and oxygen atoms in total. The van der Waals surface area contributed by atoms with Crippen molar-refractivity contribution in [2.75, 3.05) is 18.5 Å².